The highest BCUT2D eigenvalue weighted by atomic mass is 19.4. The Morgan fingerprint density at radius 1 is 1.24 bits per heavy atom. The zero-order chi connectivity index (χ0) is 16.0. The van der Waals surface area contributed by atoms with Gasteiger partial charge in [0.25, 0.3) is 0 Å². The second kappa shape index (κ2) is 7.49. The fourth-order valence-electron chi connectivity index (χ4n) is 1.81. The molecule has 1 heterocycles. The molecular formula is C14H22F3N3O. The van der Waals surface area contributed by atoms with Gasteiger partial charge in [0, 0.05) is 13.7 Å². The third kappa shape index (κ3) is 5.41. The molecule has 2 N–H and O–H groups in total. The van der Waals surface area contributed by atoms with Gasteiger partial charge in [0.2, 0.25) is 0 Å². The average molecular weight is 305 g/mol. The van der Waals surface area contributed by atoms with Crippen LogP contribution in [-0.4, -0.2) is 31.3 Å². The second-order valence-corrected chi connectivity index (χ2v) is 5.10. The Hall–Kier alpha value is -1.50. The largest absolute Gasteiger partial charge is 0.416 e. The van der Waals surface area contributed by atoms with E-state index < -0.39 is 11.7 Å². The lowest BCUT2D eigenvalue weighted by atomic mass is 10.1. The molecule has 1 aromatic heterocycles. The molecule has 0 saturated carbocycles. The van der Waals surface area contributed by atoms with Crippen molar-refractivity contribution in [2.24, 2.45) is 5.92 Å². The number of hydrogen-bond donors (Lipinski definition) is 2. The summed E-state index contributed by atoms with van der Waals surface area (Å²) < 4.78 is 43.9. The number of ether oxygens (including phenoxy) is 1. The molecule has 0 radical (unpaired) electrons. The molecule has 1 rings (SSSR count). The van der Waals surface area contributed by atoms with Crippen LogP contribution < -0.4 is 10.6 Å². The number of anilines is 2. The van der Waals surface area contributed by atoms with E-state index in [4.69, 9.17) is 4.74 Å². The van der Waals surface area contributed by atoms with Crippen LogP contribution in [0.2, 0.25) is 0 Å². The van der Waals surface area contributed by atoms with E-state index in [0.717, 1.165) is 12.1 Å². The lowest BCUT2D eigenvalue weighted by Crippen LogP contribution is -2.31. The van der Waals surface area contributed by atoms with E-state index in [0.29, 0.717) is 13.2 Å². The lowest BCUT2D eigenvalue weighted by Gasteiger charge is -2.23. The van der Waals surface area contributed by atoms with Crippen LogP contribution in [0.3, 0.4) is 0 Å². The fraction of sp³-hybridized carbons (Fsp3) is 0.643. The van der Waals surface area contributed by atoms with Crippen LogP contribution in [-0.2, 0) is 10.9 Å². The van der Waals surface area contributed by atoms with Crippen molar-refractivity contribution >= 4 is 11.6 Å². The predicted octanol–water partition coefficient (Wildman–Crippen LogP) is 3.62. The van der Waals surface area contributed by atoms with Crippen LogP contribution in [0.15, 0.2) is 12.1 Å². The first-order valence-corrected chi connectivity index (χ1v) is 6.86. The van der Waals surface area contributed by atoms with Gasteiger partial charge < -0.3 is 15.4 Å². The van der Waals surface area contributed by atoms with E-state index in [2.05, 4.69) is 15.6 Å². The molecule has 0 aliphatic heterocycles. The van der Waals surface area contributed by atoms with E-state index in [-0.39, 0.29) is 23.6 Å². The standard InChI is InChI=1S/C14H22F3N3O/c1-5-18-12-6-10(14(15,16)17)7-13(20-12)19-11(8-21-4)9(2)3/h6-7,9,11H,5,8H2,1-4H3,(H2,18,19,20). The summed E-state index contributed by atoms with van der Waals surface area (Å²) in [7, 11) is 1.56. The zero-order valence-electron chi connectivity index (χ0n) is 12.7. The van der Waals surface area contributed by atoms with Crippen molar-refractivity contribution in [3.63, 3.8) is 0 Å². The highest BCUT2D eigenvalue weighted by molar-refractivity contribution is 5.50. The number of hydrogen-bond acceptors (Lipinski definition) is 4. The molecule has 21 heavy (non-hydrogen) atoms. The van der Waals surface area contributed by atoms with Gasteiger partial charge >= 0.3 is 6.18 Å². The molecular weight excluding hydrogens is 283 g/mol. The summed E-state index contributed by atoms with van der Waals surface area (Å²) >= 11 is 0. The van der Waals surface area contributed by atoms with E-state index in [1.165, 1.54) is 0 Å². The molecule has 120 valence electrons. The van der Waals surface area contributed by atoms with Crippen LogP contribution in [0.1, 0.15) is 26.3 Å². The third-order valence-corrected chi connectivity index (χ3v) is 2.99. The fourth-order valence-corrected chi connectivity index (χ4v) is 1.81. The third-order valence-electron chi connectivity index (χ3n) is 2.99. The number of rotatable bonds is 7. The van der Waals surface area contributed by atoms with E-state index in [9.17, 15) is 13.2 Å². The van der Waals surface area contributed by atoms with Crippen LogP contribution >= 0.6 is 0 Å². The smallest absolute Gasteiger partial charge is 0.383 e. The van der Waals surface area contributed by atoms with E-state index in [1.807, 2.05) is 13.8 Å². The normalized spacial score (nSPS) is 13.3. The molecule has 0 aliphatic carbocycles. The quantitative estimate of drug-likeness (QED) is 0.808. The summed E-state index contributed by atoms with van der Waals surface area (Å²) in [5, 5.41) is 5.83. The highest BCUT2D eigenvalue weighted by Crippen LogP contribution is 2.32. The van der Waals surface area contributed by atoms with Gasteiger partial charge in [-0.2, -0.15) is 13.2 Å². The number of pyridine rings is 1. The van der Waals surface area contributed by atoms with Crippen LogP contribution in [0, 0.1) is 5.92 Å². The van der Waals surface area contributed by atoms with Crippen LogP contribution in [0.5, 0.6) is 0 Å². The molecule has 0 aliphatic rings. The van der Waals surface area contributed by atoms with Gasteiger partial charge in [0.1, 0.15) is 11.6 Å². The Morgan fingerprint density at radius 2 is 1.86 bits per heavy atom. The van der Waals surface area contributed by atoms with Gasteiger partial charge in [-0.05, 0) is 25.0 Å². The summed E-state index contributed by atoms with van der Waals surface area (Å²) in [6.45, 7) is 6.63. The number of methoxy groups -OCH3 is 1. The van der Waals surface area contributed by atoms with Gasteiger partial charge in [0.05, 0.1) is 18.2 Å². The van der Waals surface area contributed by atoms with E-state index in [1.54, 1.807) is 14.0 Å². The molecule has 1 atom stereocenters. The monoisotopic (exact) mass is 305 g/mol. The molecule has 4 nitrogen and oxygen atoms in total. The molecule has 0 spiro atoms. The van der Waals surface area contributed by atoms with Gasteiger partial charge in [-0.1, -0.05) is 13.8 Å². The summed E-state index contributed by atoms with van der Waals surface area (Å²) in [5.74, 6) is 0.593. The number of nitrogens with one attached hydrogen (secondary N) is 2. The van der Waals surface area contributed by atoms with Crippen LogP contribution in [0.25, 0.3) is 0 Å². The van der Waals surface area contributed by atoms with Crippen molar-refractivity contribution in [3.05, 3.63) is 17.7 Å². The molecule has 1 unspecified atom stereocenters. The number of halogens is 3. The second-order valence-electron chi connectivity index (χ2n) is 5.10. The zero-order valence-corrected chi connectivity index (χ0v) is 12.7. The average Bonchev–Trinajstić information content (AvgIpc) is 2.37. The van der Waals surface area contributed by atoms with Crippen molar-refractivity contribution in [3.8, 4) is 0 Å². The molecule has 1 aromatic rings. The molecule has 7 heteroatoms. The number of alkyl halides is 3. The Labute approximate surface area is 123 Å². The Balaban J connectivity index is 3.07. The molecule has 0 bridgehead atoms. The first kappa shape index (κ1) is 17.6. The lowest BCUT2D eigenvalue weighted by molar-refractivity contribution is -0.137. The maximum Gasteiger partial charge on any atom is 0.416 e. The Bertz CT molecular complexity index is 450. The summed E-state index contributed by atoms with van der Waals surface area (Å²) in [6.07, 6.45) is -4.40. The number of aromatic nitrogens is 1. The maximum absolute atomic E-state index is 12.9. The summed E-state index contributed by atoms with van der Waals surface area (Å²) in [4.78, 5) is 4.16. The van der Waals surface area contributed by atoms with Crippen molar-refractivity contribution in [1.29, 1.82) is 0 Å². The highest BCUT2D eigenvalue weighted by Gasteiger charge is 2.32. The van der Waals surface area contributed by atoms with Crippen LogP contribution in [0.4, 0.5) is 24.8 Å². The molecule has 0 fully saturated rings. The Morgan fingerprint density at radius 3 is 2.33 bits per heavy atom. The van der Waals surface area contributed by atoms with Crippen molar-refractivity contribution in [2.75, 3.05) is 30.9 Å². The summed E-state index contributed by atoms with van der Waals surface area (Å²) in [6, 6.07) is 1.92. The minimum Gasteiger partial charge on any atom is -0.383 e. The SMILES string of the molecule is CCNc1cc(C(F)(F)F)cc(NC(COC)C(C)C)n1. The molecule has 0 aromatic carbocycles. The van der Waals surface area contributed by atoms with Gasteiger partial charge in [0.15, 0.2) is 0 Å². The van der Waals surface area contributed by atoms with Crippen molar-refractivity contribution in [2.45, 2.75) is 33.0 Å². The van der Waals surface area contributed by atoms with Crippen molar-refractivity contribution < 1.29 is 17.9 Å². The topological polar surface area (TPSA) is 46.2 Å². The first-order chi connectivity index (χ1) is 9.77. The molecule has 0 saturated heterocycles. The van der Waals surface area contributed by atoms with Gasteiger partial charge in [-0.25, -0.2) is 4.98 Å². The number of nitrogens with zero attached hydrogens (tertiary/aromatic N) is 1. The predicted molar refractivity (Wildman–Crippen MR) is 77.5 cm³/mol. The van der Waals surface area contributed by atoms with E-state index >= 15 is 0 Å². The Kier molecular flexibility index (Phi) is 6.26. The first-order valence-electron chi connectivity index (χ1n) is 6.86. The maximum atomic E-state index is 12.9. The minimum absolute atomic E-state index is 0.111. The molecule has 0 amide bonds. The minimum atomic E-state index is -4.40. The van der Waals surface area contributed by atoms with Gasteiger partial charge in [-0.3, -0.25) is 0 Å². The van der Waals surface area contributed by atoms with Gasteiger partial charge in [-0.15, -0.1) is 0 Å². The summed E-state index contributed by atoms with van der Waals surface area (Å²) in [5.41, 5.74) is -0.726. The van der Waals surface area contributed by atoms with Crippen molar-refractivity contribution in [1.82, 2.24) is 4.98 Å².